The first-order valence-electron chi connectivity index (χ1n) is 12.3. The van der Waals surface area contributed by atoms with Gasteiger partial charge in [-0.25, -0.2) is 4.98 Å². The van der Waals surface area contributed by atoms with E-state index < -0.39 is 0 Å². The number of aromatic amines is 1. The molecule has 0 fully saturated rings. The van der Waals surface area contributed by atoms with Gasteiger partial charge in [0.1, 0.15) is 21.3 Å². The molecule has 6 heteroatoms. The van der Waals surface area contributed by atoms with E-state index in [-0.39, 0.29) is 10.6 Å². The second-order valence-electron chi connectivity index (χ2n) is 11.5. The normalized spacial score (nSPS) is 12.8. The van der Waals surface area contributed by atoms with E-state index in [2.05, 4.69) is 130 Å². The summed E-state index contributed by atoms with van der Waals surface area (Å²) < 4.78 is 4.58. The van der Waals surface area contributed by atoms with Gasteiger partial charge in [0.05, 0.1) is 11.2 Å². The lowest BCUT2D eigenvalue weighted by Crippen LogP contribution is -2.26. The van der Waals surface area contributed by atoms with Crippen molar-refractivity contribution in [3.05, 3.63) is 90.3 Å². The number of hydrogen-bond acceptors (Lipinski definition) is 1. The molecule has 1 N–H and O–H groups in total. The first kappa shape index (κ1) is 21.8. The predicted molar refractivity (Wildman–Crippen MR) is 153 cm³/mol. The molecule has 0 saturated heterocycles. The third-order valence-corrected chi connectivity index (χ3v) is 7.04. The minimum Gasteiger partial charge on any atom is -0.340 e. The second kappa shape index (κ2) is 7.42. The van der Waals surface area contributed by atoms with Crippen LogP contribution < -0.4 is 0 Å². The van der Waals surface area contributed by atoms with Gasteiger partial charge in [-0.3, -0.25) is 9.13 Å². The average Bonchev–Trinajstić information content (AvgIpc) is 3.50. The highest BCUT2D eigenvalue weighted by atomic mass is 15.3. The summed E-state index contributed by atoms with van der Waals surface area (Å²) in [4.78, 5) is 8.66. The van der Waals surface area contributed by atoms with Gasteiger partial charge in [0.2, 0.25) is 5.95 Å². The zero-order valence-electron chi connectivity index (χ0n) is 21.3. The van der Waals surface area contributed by atoms with Crippen molar-refractivity contribution in [3.8, 4) is 11.6 Å². The molecule has 0 atom stereocenters. The molecule has 0 radical (unpaired) electrons. The lowest BCUT2D eigenvalue weighted by molar-refractivity contribution is 0.715. The van der Waals surface area contributed by atoms with Gasteiger partial charge in [0, 0.05) is 34.1 Å². The van der Waals surface area contributed by atoms with E-state index >= 15 is 0 Å². The molecular formula is C29H30B2N4. The first-order valence-corrected chi connectivity index (χ1v) is 12.3. The summed E-state index contributed by atoms with van der Waals surface area (Å²) in [6, 6.07) is 23.9. The Hall–Kier alpha value is -3.66. The first-order chi connectivity index (χ1) is 16.7. The topological polar surface area (TPSA) is 38.5 Å². The zero-order chi connectivity index (χ0) is 24.5. The van der Waals surface area contributed by atoms with Crippen LogP contribution in [-0.4, -0.2) is 34.8 Å². The minimum atomic E-state index is -0.0205. The molecule has 35 heavy (non-hydrogen) atoms. The molecule has 0 aliphatic rings. The van der Waals surface area contributed by atoms with Crippen LogP contribution in [0.4, 0.5) is 0 Å². The largest absolute Gasteiger partial charge is 0.340 e. The Balaban J connectivity index is 1.75. The van der Waals surface area contributed by atoms with Crippen LogP contribution in [0.25, 0.3) is 44.5 Å². The molecule has 0 bridgehead atoms. The molecule has 0 spiro atoms. The fraction of sp³-hybridized carbons (Fsp3) is 0.207. The Bertz CT molecular complexity index is 1690. The van der Waals surface area contributed by atoms with E-state index in [9.17, 15) is 0 Å². The Morgan fingerprint density at radius 2 is 1.40 bits per heavy atom. The fourth-order valence-electron chi connectivity index (χ4n) is 5.43. The van der Waals surface area contributed by atoms with Crippen molar-refractivity contribution in [1.29, 1.82) is 0 Å². The fourth-order valence-corrected chi connectivity index (χ4v) is 5.43. The van der Waals surface area contributed by atoms with Gasteiger partial charge in [0.15, 0.2) is 0 Å². The van der Waals surface area contributed by atoms with Gasteiger partial charge in [0.25, 0.3) is 0 Å². The highest BCUT2D eigenvalue weighted by Crippen LogP contribution is 2.39. The summed E-state index contributed by atoms with van der Waals surface area (Å²) in [6.45, 7) is 9.15. The number of fused-ring (bicyclic) bond motifs is 5. The predicted octanol–water partition coefficient (Wildman–Crippen LogP) is 5.19. The number of nitrogens with one attached hydrogen (secondary N) is 1. The summed E-state index contributed by atoms with van der Waals surface area (Å²) in [5.41, 5.74) is 7.22. The number of nitrogens with zero attached hydrogens (tertiary/aromatic N) is 3. The van der Waals surface area contributed by atoms with E-state index in [0.29, 0.717) is 0 Å². The number of hydrogen-bond donors (Lipinski definition) is 1. The van der Waals surface area contributed by atoms with Crippen LogP contribution in [0, 0.1) is 0 Å². The number of aromatic nitrogens is 4. The SMILES string of the molecule is BC(C)(C)c1cccc(C(B)(C)C)c1-n1ccnc1-n1c2ccccc2c2c3ccccc3[nH]c21. The zero-order valence-corrected chi connectivity index (χ0v) is 21.3. The van der Waals surface area contributed by atoms with E-state index in [1.54, 1.807) is 0 Å². The maximum absolute atomic E-state index is 4.96. The van der Waals surface area contributed by atoms with E-state index in [1.165, 1.54) is 33.0 Å². The monoisotopic (exact) mass is 456 g/mol. The Labute approximate surface area is 207 Å². The molecule has 0 aliphatic carbocycles. The van der Waals surface area contributed by atoms with Gasteiger partial charge in [-0.1, -0.05) is 82.3 Å². The molecule has 3 aromatic heterocycles. The number of benzene rings is 3. The average molecular weight is 456 g/mol. The van der Waals surface area contributed by atoms with Crippen LogP contribution in [-0.2, 0) is 10.6 Å². The molecule has 0 unspecified atom stereocenters. The Morgan fingerprint density at radius 1 is 0.771 bits per heavy atom. The van der Waals surface area contributed by atoms with Gasteiger partial charge in [-0.2, -0.15) is 0 Å². The molecule has 4 nitrogen and oxygen atoms in total. The van der Waals surface area contributed by atoms with Crippen molar-refractivity contribution in [3.63, 3.8) is 0 Å². The van der Waals surface area contributed by atoms with Crippen LogP contribution in [0.5, 0.6) is 0 Å². The summed E-state index contributed by atoms with van der Waals surface area (Å²) in [5, 5.41) is 3.67. The number of para-hydroxylation sites is 3. The maximum atomic E-state index is 4.96. The van der Waals surface area contributed by atoms with Crippen LogP contribution in [0.1, 0.15) is 38.8 Å². The smallest absolute Gasteiger partial charge is 0.220 e. The summed E-state index contributed by atoms with van der Waals surface area (Å²) in [6.07, 6.45) is 4.03. The van der Waals surface area contributed by atoms with E-state index in [0.717, 1.165) is 22.6 Å². The molecule has 6 rings (SSSR count). The van der Waals surface area contributed by atoms with Crippen LogP contribution in [0.15, 0.2) is 79.1 Å². The van der Waals surface area contributed by atoms with Crippen LogP contribution in [0.3, 0.4) is 0 Å². The van der Waals surface area contributed by atoms with E-state index in [4.69, 9.17) is 4.98 Å². The van der Waals surface area contributed by atoms with Crippen molar-refractivity contribution < 1.29 is 0 Å². The molecule has 3 aromatic carbocycles. The van der Waals surface area contributed by atoms with Gasteiger partial charge < -0.3 is 4.98 Å². The third kappa shape index (κ3) is 3.27. The highest BCUT2D eigenvalue weighted by molar-refractivity contribution is 6.21. The molecule has 0 amide bonds. The van der Waals surface area contributed by atoms with Crippen molar-refractivity contribution in [1.82, 2.24) is 19.1 Å². The lowest BCUT2D eigenvalue weighted by atomic mass is 9.62. The number of H-pyrrole nitrogens is 1. The summed E-state index contributed by atoms with van der Waals surface area (Å²) in [5.74, 6) is 0.893. The summed E-state index contributed by atoms with van der Waals surface area (Å²) in [7, 11) is 4.58. The molecule has 0 aliphatic heterocycles. The Morgan fingerprint density at radius 3 is 2.09 bits per heavy atom. The minimum absolute atomic E-state index is 0.0205. The van der Waals surface area contributed by atoms with Gasteiger partial charge in [-0.15, -0.1) is 0 Å². The summed E-state index contributed by atoms with van der Waals surface area (Å²) >= 11 is 0. The van der Waals surface area contributed by atoms with Gasteiger partial charge >= 0.3 is 0 Å². The lowest BCUT2D eigenvalue weighted by Gasteiger charge is -2.31. The van der Waals surface area contributed by atoms with Crippen molar-refractivity contribution in [2.75, 3.05) is 0 Å². The standard InChI is InChI=1S/C29H30B2N4/c1-28(2,30)20-12-9-13-21(29(3,4)31)25(20)34-17-16-32-27(34)35-23-15-8-6-11-19(23)24-18-10-5-7-14-22(18)33-26(24)35/h5-17,33H,30-31H2,1-4H3. The number of rotatable bonds is 4. The second-order valence-corrected chi connectivity index (χ2v) is 11.5. The molecule has 6 aromatic rings. The van der Waals surface area contributed by atoms with Crippen molar-refractivity contribution >= 4 is 48.5 Å². The van der Waals surface area contributed by atoms with Crippen molar-refractivity contribution in [2.45, 2.75) is 38.3 Å². The molecule has 3 heterocycles. The maximum Gasteiger partial charge on any atom is 0.220 e. The van der Waals surface area contributed by atoms with Crippen molar-refractivity contribution in [2.24, 2.45) is 0 Å². The van der Waals surface area contributed by atoms with Crippen LogP contribution in [0.2, 0.25) is 0 Å². The van der Waals surface area contributed by atoms with Gasteiger partial charge in [-0.05, 0) is 33.9 Å². The highest BCUT2D eigenvalue weighted by Gasteiger charge is 2.28. The quantitative estimate of drug-likeness (QED) is 0.365. The third-order valence-electron chi connectivity index (χ3n) is 7.04. The number of imidazole rings is 1. The molecule has 0 saturated carbocycles. The molecule has 172 valence electrons. The van der Waals surface area contributed by atoms with E-state index in [1.807, 2.05) is 6.20 Å². The Kier molecular flexibility index (Phi) is 4.63. The molecular weight excluding hydrogens is 426 g/mol. The van der Waals surface area contributed by atoms with Crippen LogP contribution >= 0.6 is 0 Å².